The maximum atomic E-state index is 13.4. The summed E-state index contributed by atoms with van der Waals surface area (Å²) >= 11 is 0. The van der Waals surface area contributed by atoms with Crippen LogP contribution in [0.15, 0.2) is 53.4 Å². The molecule has 27 heavy (non-hydrogen) atoms. The highest BCUT2D eigenvalue weighted by Crippen LogP contribution is 2.32. The standard InChI is InChI=1S/C19H23NO5S2/c1-3-15-4-10-19(11-5-15)27(23,24)20(17-12-13-26(21,22)14-17)16-6-8-18(25-2)9-7-16/h4-11,17H,3,12-14H2,1-2H3/t17-/m0/s1. The fourth-order valence-corrected chi connectivity index (χ4v) is 6.72. The van der Waals surface area contributed by atoms with Gasteiger partial charge in [-0.15, -0.1) is 0 Å². The van der Waals surface area contributed by atoms with E-state index in [1.807, 2.05) is 6.92 Å². The van der Waals surface area contributed by atoms with Crippen LogP contribution in [-0.2, 0) is 26.3 Å². The van der Waals surface area contributed by atoms with Crippen molar-refractivity contribution in [3.8, 4) is 5.75 Å². The molecule has 0 radical (unpaired) electrons. The second kappa shape index (κ2) is 7.52. The molecule has 8 heteroatoms. The van der Waals surface area contributed by atoms with Crippen molar-refractivity contribution in [1.29, 1.82) is 0 Å². The quantitative estimate of drug-likeness (QED) is 0.733. The number of benzene rings is 2. The molecule has 0 amide bonds. The van der Waals surface area contributed by atoms with Gasteiger partial charge >= 0.3 is 0 Å². The van der Waals surface area contributed by atoms with E-state index in [1.165, 1.54) is 11.4 Å². The van der Waals surface area contributed by atoms with Gasteiger partial charge in [-0.05, 0) is 54.8 Å². The third kappa shape index (κ3) is 4.11. The number of sulfonamides is 1. The van der Waals surface area contributed by atoms with Crippen molar-refractivity contribution in [3.05, 3.63) is 54.1 Å². The van der Waals surface area contributed by atoms with Gasteiger partial charge in [0.05, 0.1) is 35.2 Å². The minimum absolute atomic E-state index is 0.00534. The molecular weight excluding hydrogens is 386 g/mol. The lowest BCUT2D eigenvalue weighted by molar-refractivity contribution is 0.415. The minimum Gasteiger partial charge on any atom is -0.497 e. The molecule has 1 saturated heterocycles. The Kier molecular flexibility index (Phi) is 5.48. The maximum Gasteiger partial charge on any atom is 0.264 e. The summed E-state index contributed by atoms with van der Waals surface area (Å²) in [5.74, 6) is 0.419. The smallest absolute Gasteiger partial charge is 0.264 e. The van der Waals surface area contributed by atoms with Crippen molar-refractivity contribution in [2.24, 2.45) is 0 Å². The Morgan fingerprint density at radius 1 is 1.07 bits per heavy atom. The van der Waals surface area contributed by atoms with Crippen molar-refractivity contribution in [2.45, 2.75) is 30.7 Å². The summed E-state index contributed by atoms with van der Waals surface area (Å²) in [6.45, 7) is 2.00. The number of nitrogens with zero attached hydrogens (tertiary/aromatic N) is 1. The second-order valence-electron chi connectivity index (χ2n) is 6.55. The zero-order valence-electron chi connectivity index (χ0n) is 15.3. The first kappa shape index (κ1) is 19.7. The second-order valence-corrected chi connectivity index (χ2v) is 10.6. The molecule has 0 N–H and O–H groups in total. The Labute approximate surface area is 160 Å². The summed E-state index contributed by atoms with van der Waals surface area (Å²) in [6.07, 6.45) is 1.09. The summed E-state index contributed by atoms with van der Waals surface area (Å²) in [5, 5.41) is 0. The highest BCUT2D eigenvalue weighted by atomic mass is 32.2. The molecule has 0 aliphatic carbocycles. The number of aryl methyl sites for hydroxylation is 1. The molecule has 0 aromatic heterocycles. The van der Waals surface area contributed by atoms with Crippen molar-refractivity contribution < 1.29 is 21.6 Å². The van der Waals surface area contributed by atoms with Crippen molar-refractivity contribution in [2.75, 3.05) is 22.9 Å². The topological polar surface area (TPSA) is 80.8 Å². The molecule has 0 bridgehead atoms. The number of ether oxygens (including phenoxy) is 1. The van der Waals surface area contributed by atoms with Crippen molar-refractivity contribution >= 4 is 25.5 Å². The SMILES string of the molecule is CCc1ccc(S(=O)(=O)N(c2ccc(OC)cc2)[C@H]2CCS(=O)(=O)C2)cc1. The Bertz CT molecular complexity index is 997. The van der Waals surface area contributed by atoms with Gasteiger partial charge in [0, 0.05) is 0 Å². The van der Waals surface area contributed by atoms with Crippen LogP contribution < -0.4 is 9.04 Å². The molecule has 3 rings (SSSR count). The van der Waals surface area contributed by atoms with E-state index in [2.05, 4.69) is 0 Å². The van der Waals surface area contributed by atoms with Crippen LogP contribution in [-0.4, -0.2) is 41.5 Å². The molecule has 1 aliphatic rings. The molecule has 146 valence electrons. The van der Waals surface area contributed by atoms with E-state index in [-0.39, 0.29) is 22.8 Å². The zero-order chi connectivity index (χ0) is 19.7. The summed E-state index contributed by atoms with van der Waals surface area (Å²) in [5.41, 5.74) is 1.46. The molecule has 2 aromatic rings. The van der Waals surface area contributed by atoms with Crippen LogP contribution in [0.1, 0.15) is 18.9 Å². The number of methoxy groups -OCH3 is 1. The fraction of sp³-hybridized carbons (Fsp3) is 0.368. The van der Waals surface area contributed by atoms with E-state index in [0.29, 0.717) is 11.4 Å². The largest absolute Gasteiger partial charge is 0.497 e. The molecule has 2 aromatic carbocycles. The first-order chi connectivity index (χ1) is 12.8. The maximum absolute atomic E-state index is 13.4. The van der Waals surface area contributed by atoms with Crippen molar-refractivity contribution in [1.82, 2.24) is 0 Å². The van der Waals surface area contributed by atoms with Crippen LogP contribution >= 0.6 is 0 Å². The third-order valence-electron chi connectivity index (χ3n) is 4.76. The molecule has 0 spiro atoms. The van der Waals surface area contributed by atoms with Gasteiger partial charge in [0.25, 0.3) is 10.0 Å². The van der Waals surface area contributed by atoms with Gasteiger partial charge in [0.2, 0.25) is 0 Å². The predicted molar refractivity (Wildman–Crippen MR) is 106 cm³/mol. The number of hydrogen-bond acceptors (Lipinski definition) is 5. The van der Waals surface area contributed by atoms with E-state index >= 15 is 0 Å². The lowest BCUT2D eigenvalue weighted by atomic mass is 10.2. The average Bonchev–Trinajstić information content (AvgIpc) is 3.01. The molecule has 1 heterocycles. The first-order valence-electron chi connectivity index (χ1n) is 8.74. The number of hydrogen-bond donors (Lipinski definition) is 0. The van der Waals surface area contributed by atoms with Gasteiger partial charge in [-0.3, -0.25) is 4.31 Å². The molecular formula is C19H23NO5S2. The van der Waals surface area contributed by atoms with E-state index in [9.17, 15) is 16.8 Å². The van der Waals surface area contributed by atoms with Crippen LogP contribution in [0.4, 0.5) is 5.69 Å². The Balaban J connectivity index is 2.07. The van der Waals surface area contributed by atoms with E-state index < -0.39 is 25.9 Å². The molecule has 0 saturated carbocycles. The average molecular weight is 410 g/mol. The van der Waals surface area contributed by atoms with Gasteiger partial charge in [-0.1, -0.05) is 19.1 Å². The first-order valence-corrected chi connectivity index (χ1v) is 12.0. The van der Waals surface area contributed by atoms with E-state index in [4.69, 9.17) is 4.74 Å². The van der Waals surface area contributed by atoms with Gasteiger partial charge in [-0.2, -0.15) is 0 Å². The minimum atomic E-state index is -3.90. The Morgan fingerprint density at radius 3 is 2.19 bits per heavy atom. The van der Waals surface area contributed by atoms with Gasteiger partial charge < -0.3 is 4.74 Å². The Hall–Kier alpha value is -2.06. The molecule has 0 unspecified atom stereocenters. The Morgan fingerprint density at radius 2 is 1.70 bits per heavy atom. The number of rotatable bonds is 6. The van der Waals surface area contributed by atoms with Crippen LogP contribution in [0.5, 0.6) is 5.75 Å². The summed E-state index contributed by atoms with van der Waals surface area (Å²) in [6, 6.07) is 12.7. The molecule has 1 fully saturated rings. The van der Waals surface area contributed by atoms with Crippen LogP contribution in [0.3, 0.4) is 0 Å². The van der Waals surface area contributed by atoms with Gasteiger partial charge in [-0.25, -0.2) is 16.8 Å². The van der Waals surface area contributed by atoms with Gasteiger partial charge in [0.15, 0.2) is 9.84 Å². The highest BCUT2D eigenvalue weighted by molar-refractivity contribution is 7.93. The van der Waals surface area contributed by atoms with Crippen LogP contribution in [0, 0.1) is 0 Å². The third-order valence-corrected chi connectivity index (χ3v) is 8.40. The summed E-state index contributed by atoms with van der Waals surface area (Å²) in [7, 11) is -5.62. The van der Waals surface area contributed by atoms with E-state index in [1.54, 1.807) is 48.5 Å². The molecule has 1 aliphatic heterocycles. The highest BCUT2D eigenvalue weighted by Gasteiger charge is 2.39. The lowest BCUT2D eigenvalue weighted by Crippen LogP contribution is -2.41. The molecule has 6 nitrogen and oxygen atoms in total. The summed E-state index contributed by atoms with van der Waals surface area (Å²) in [4.78, 5) is 0.153. The predicted octanol–water partition coefficient (Wildman–Crippen LogP) is 2.64. The monoisotopic (exact) mass is 409 g/mol. The van der Waals surface area contributed by atoms with Gasteiger partial charge in [0.1, 0.15) is 5.75 Å². The fourth-order valence-electron chi connectivity index (χ4n) is 3.25. The summed E-state index contributed by atoms with van der Waals surface area (Å²) < 4.78 is 57.1. The number of sulfone groups is 1. The number of anilines is 1. The van der Waals surface area contributed by atoms with Crippen molar-refractivity contribution in [3.63, 3.8) is 0 Å². The van der Waals surface area contributed by atoms with E-state index in [0.717, 1.165) is 12.0 Å². The van der Waals surface area contributed by atoms with Crippen LogP contribution in [0.25, 0.3) is 0 Å². The lowest BCUT2D eigenvalue weighted by Gasteiger charge is -2.29. The zero-order valence-corrected chi connectivity index (χ0v) is 17.0. The normalized spacial score (nSPS) is 19.0. The van der Waals surface area contributed by atoms with Crippen LogP contribution in [0.2, 0.25) is 0 Å². The molecule has 1 atom stereocenters.